The molecule has 0 aliphatic carbocycles. The van der Waals surface area contributed by atoms with Crippen LogP contribution in [0.5, 0.6) is 5.95 Å². The third kappa shape index (κ3) is 2.79. The van der Waals surface area contributed by atoms with Crippen LogP contribution in [-0.4, -0.2) is 21.7 Å². The minimum Gasteiger partial charge on any atom is -0.539 e. The van der Waals surface area contributed by atoms with E-state index >= 15 is 0 Å². The van der Waals surface area contributed by atoms with E-state index in [9.17, 15) is 5.11 Å². The van der Waals surface area contributed by atoms with E-state index in [0.29, 0.717) is 5.13 Å². The van der Waals surface area contributed by atoms with Crippen molar-refractivity contribution in [3.63, 3.8) is 0 Å². The number of aryl methyl sites for hydroxylation is 2. The van der Waals surface area contributed by atoms with Gasteiger partial charge < -0.3 is 9.63 Å². The van der Waals surface area contributed by atoms with Crippen molar-refractivity contribution in [1.82, 2.24) is 15.5 Å². The average molecular weight is 301 g/mol. The first-order valence-electron chi connectivity index (χ1n) is 6.14. The lowest BCUT2D eigenvalue weighted by Crippen LogP contribution is -2.36. The van der Waals surface area contributed by atoms with Crippen LogP contribution in [0.15, 0.2) is 33.8 Å². The second-order valence-electron chi connectivity index (χ2n) is 4.35. The molecule has 0 aliphatic heterocycles. The fourth-order valence-corrected chi connectivity index (χ4v) is 2.22. The van der Waals surface area contributed by atoms with E-state index in [0.717, 1.165) is 16.3 Å². The quantitative estimate of drug-likeness (QED) is 0.536. The number of benzene rings is 1. The van der Waals surface area contributed by atoms with Crippen LogP contribution in [0.2, 0.25) is 0 Å². The number of aromatic nitrogens is 4. The average Bonchev–Trinajstić information content (AvgIpc) is 3.04. The van der Waals surface area contributed by atoms with Crippen LogP contribution >= 0.6 is 11.3 Å². The Balaban J connectivity index is 1.97. The van der Waals surface area contributed by atoms with Crippen LogP contribution < -0.4 is 9.79 Å². The zero-order chi connectivity index (χ0) is 14.8. The molecule has 2 aromatic heterocycles. The maximum absolute atomic E-state index is 11.7. The summed E-state index contributed by atoms with van der Waals surface area (Å²) in [7, 11) is 0. The monoisotopic (exact) mass is 301 g/mol. The highest BCUT2D eigenvalue weighted by molar-refractivity contribution is 7.14. The normalized spacial score (nSPS) is 11.3. The first-order valence-corrected chi connectivity index (χ1v) is 6.95. The summed E-state index contributed by atoms with van der Waals surface area (Å²) in [4.78, 5) is 4.13. The number of rotatable bonds is 3. The number of hydrogen-bond acceptors (Lipinski definition) is 7. The third-order valence-corrected chi connectivity index (χ3v) is 3.48. The number of aliphatic imine (C=N–C) groups is 1. The van der Waals surface area contributed by atoms with Gasteiger partial charge in [-0.25, -0.2) is 4.99 Å². The number of nitrogens with zero attached hydrogens (tertiary/aromatic N) is 5. The SMILES string of the molecule is Cc1ccc(-[n+]2noc([O-])c2C=Nc2nnc(C)s2)cc1. The molecule has 0 aliphatic rings. The zero-order valence-corrected chi connectivity index (χ0v) is 12.2. The van der Waals surface area contributed by atoms with Crippen molar-refractivity contribution in [2.24, 2.45) is 4.99 Å². The molecule has 0 saturated heterocycles. The molecular weight excluding hydrogens is 290 g/mol. The van der Waals surface area contributed by atoms with Crippen LogP contribution in [0.3, 0.4) is 0 Å². The Morgan fingerprint density at radius 2 is 2.00 bits per heavy atom. The molecule has 0 bridgehead atoms. The minimum absolute atomic E-state index is 0.228. The van der Waals surface area contributed by atoms with Gasteiger partial charge in [0.15, 0.2) is 5.95 Å². The van der Waals surface area contributed by atoms with Gasteiger partial charge in [0, 0.05) is 12.1 Å². The Hall–Kier alpha value is -2.61. The lowest BCUT2D eigenvalue weighted by molar-refractivity contribution is -0.671. The molecule has 106 valence electrons. The van der Waals surface area contributed by atoms with E-state index in [-0.39, 0.29) is 5.69 Å². The zero-order valence-electron chi connectivity index (χ0n) is 11.3. The fraction of sp³-hybridized carbons (Fsp3) is 0.154. The van der Waals surface area contributed by atoms with E-state index in [1.54, 1.807) is 0 Å². The molecule has 0 atom stereocenters. The second-order valence-corrected chi connectivity index (χ2v) is 5.51. The molecule has 0 unspecified atom stereocenters. The van der Waals surface area contributed by atoms with Gasteiger partial charge in [-0.05, 0) is 18.5 Å². The van der Waals surface area contributed by atoms with Crippen molar-refractivity contribution in [3.8, 4) is 11.6 Å². The molecular formula is C13H11N5O2S. The van der Waals surface area contributed by atoms with E-state index in [4.69, 9.17) is 4.52 Å². The molecule has 0 fully saturated rings. The van der Waals surface area contributed by atoms with Gasteiger partial charge in [0.2, 0.25) is 10.8 Å². The van der Waals surface area contributed by atoms with Crippen molar-refractivity contribution in [1.29, 1.82) is 0 Å². The maximum atomic E-state index is 11.7. The predicted molar refractivity (Wildman–Crippen MR) is 74.1 cm³/mol. The molecule has 1 aromatic carbocycles. The summed E-state index contributed by atoms with van der Waals surface area (Å²) in [6, 6.07) is 7.56. The van der Waals surface area contributed by atoms with Crippen LogP contribution in [0.1, 0.15) is 16.3 Å². The van der Waals surface area contributed by atoms with Crippen LogP contribution in [-0.2, 0) is 0 Å². The first-order chi connectivity index (χ1) is 10.1. The van der Waals surface area contributed by atoms with Gasteiger partial charge in [0.1, 0.15) is 11.2 Å². The smallest absolute Gasteiger partial charge is 0.281 e. The third-order valence-electron chi connectivity index (χ3n) is 2.73. The standard InChI is InChI=1S/C13H11N5O2S/c1-8-3-5-10(6-4-8)18-11(12(19)20-17-18)7-14-13-16-15-9(2)21-13/h3-7H,1-2H3. The highest BCUT2D eigenvalue weighted by atomic mass is 32.1. The Kier molecular flexibility index (Phi) is 3.44. The summed E-state index contributed by atoms with van der Waals surface area (Å²) in [5, 5.41) is 24.5. The van der Waals surface area contributed by atoms with Gasteiger partial charge in [-0.2, -0.15) is 0 Å². The van der Waals surface area contributed by atoms with E-state index in [1.165, 1.54) is 22.2 Å². The van der Waals surface area contributed by atoms with Crippen LogP contribution in [0.4, 0.5) is 5.13 Å². The van der Waals surface area contributed by atoms with Gasteiger partial charge in [0.25, 0.3) is 5.69 Å². The maximum Gasteiger partial charge on any atom is 0.281 e. The summed E-state index contributed by atoms with van der Waals surface area (Å²) in [6.07, 6.45) is 1.39. The van der Waals surface area contributed by atoms with Gasteiger partial charge in [-0.15, -0.1) is 10.2 Å². The largest absolute Gasteiger partial charge is 0.539 e. The summed E-state index contributed by atoms with van der Waals surface area (Å²) < 4.78 is 6.11. The van der Waals surface area contributed by atoms with Gasteiger partial charge in [0.05, 0.1) is 5.27 Å². The second kappa shape index (κ2) is 5.41. The molecule has 0 saturated carbocycles. The van der Waals surface area contributed by atoms with Crippen molar-refractivity contribution in [3.05, 3.63) is 40.5 Å². The van der Waals surface area contributed by atoms with Crippen molar-refractivity contribution < 1.29 is 14.3 Å². The molecule has 3 rings (SSSR count). The van der Waals surface area contributed by atoms with Crippen molar-refractivity contribution >= 4 is 22.7 Å². The predicted octanol–water partition coefficient (Wildman–Crippen LogP) is 1.24. The van der Waals surface area contributed by atoms with E-state index in [1.807, 2.05) is 38.1 Å². The Morgan fingerprint density at radius 3 is 2.67 bits per heavy atom. The van der Waals surface area contributed by atoms with E-state index in [2.05, 4.69) is 20.5 Å². The number of hydrogen-bond donors (Lipinski definition) is 0. The minimum atomic E-state index is -0.555. The lowest BCUT2D eigenvalue weighted by atomic mass is 10.2. The molecule has 0 amide bonds. The van der Waals surface area contributed by atoms with Crippen molar-refractivity contribution in [2.45, 2.75) is 13.8 Å². The van der Waals surface area contributed by atoms with Crippen molar-refractivity contribution in [2.75, 3.05) is 0 Å². The highest BCUT2D eigenvalue weighted by Gasteiger charge is 2.18. The topological polar surface area (TPSA) is 91.1 Å². The van der Waals surface area contributed by atoms with Gasteiger partial charge >= 0.3 is 0 Å². The molecule has 7 nitrogen and oxygen atoms in total. The molecule has 0 N–H and O–H groups in total. The summed E-state index contributed by atoms with van der Waals surface area (Å²) in [6.45, 7) is 3.82. The molecule has 8 heteroatoms. The fourth-order valence-electron chi connectivity index (χ4n) is 1.69. The summed E-state index contributed by atoms with van der Waals surface area (Å²) >= 11 is 1.34. The molecule has 2 heterocycles. The summed E-state index contributed by atoms with van der Waals surface area (Å²) in [5.41, 5.74) is 2.07. The first kappa shape index (κ1) is 13.4. The molecule has 0 radical (unpaired) electrons. The van der Waals surface area contributed by atoms with Gasteiger partial charge in [-0.3, -0.25) is 0 Å². The van der Waals surface area contributed by atoms with Crippen LogP contribution in [0.25, 0.3) is 5.69 Å². The van der Waals surface area contributed by atoms with E-state index < -0.39 is 5.95 Å². The lowest BCUT2D eigenvalue weighted by Gasteiger charge is -1.93. The summed E-state index contributed by atoms with van der Waals surface area (Å²) in [5.74, 6) is -0.555. The van der Waals surface area contributed by atoms with Crippen LogP contribution in [0, 0.1) is 13.8 Å². The Labute approximate surface area is 124 Å². The highest BCUT2D eigenvalue weighted by Crippen LogP contribution is 2.18. The Morgan fingerprint density at radius 1 is 1.24 bits per heavy atom. The molecule has 21 heavy (non-hydrogen) atoms. The molecule has 0 spiro atoms. The van der Waals surface area contributed by atoms with Gasteiger partial charge in [-0.1, -0.05) is 29.0 Å². The molecule has 3 aromatic rings. The Bertz CT molecular complexity index is 791.